The number of rotatable bonds is 3. The van der Waals surface area contributed by atoms with E-state index < -0.39 is 0 Å². The van der Waals surface area contributed by atoms with Gasteiger partial charge in [0.1, 0.15) is 12.1 Å². The summed E-state index contributed by atoms with van der Waals surface area (Å²) in [6.45, 7) is 0.407. The van der Waals surface area contributed by atoms with E-state index in [1.54, 1.807) is 12.4 Å². The lowest BCUT2D eigenvalue weighted by Crippen LogP contribution is -2.01. The highest BCUT2D eigenvalue weighted by molar-refractivity contribution is 6.06. The SMILES string of the molecule is c1cncc(-c2nnc(Cn3c4ccccc4c4nc5ccccc5nc43)o2)c1. The van der Waals surface area contributed by atoms with E-state index >= 15 is 0 Å². The standard InChI is InChI=1S/C22H14N6O/c1-4-10-18-15(7-1)20-21(25-17-9-3-2-8-16(17)24-20)28(18)13-19-26-27-22(29-19)14-6-5-11-23-12-14/h1-12H,13H2. The van der Waals surface area contributed by atoms with Crippen molar-refractivity contribution in [1.82, 2.24) is 29.7 Å². The highest BCUT2D eigenvalue weighted by Crippen LogP contribution is 2.29. The smallest absolute Gasteiger partial charge is 0.249 e. The third-order valence-corrected chi connectivity index (χ3v) is 4.93. The van der Waals surface area contributed by atoms with Crippen LogP contribution in [0.15, 0.2) is 77.5 Å². The zero-order valence-corrected chi connectivity index (χ0v) is 15.2. The van der Waals surface area contributed by atoms with E-state index in [9.17, 15) is 0 Å². The van der Waals surface area contributed by atoms with Crippen molar-refractivity contribution in [3.63, 3.8) is 0 Å². The number of pyridine rings is 1. The Morgan fingerprint density at radius 3 is 2.52 bits per heavy atom. The van der Waals surface area contributed by atoms with Crippen molar-refractivity contribution in [2.24, 2.45) is 0 Å². The van der Waals surface area contributed by atoms with E-state index in [4.69, 9.17) is 14.4 Å². The molecule has 7 heteroatoms. The number of benzene rings is 2. The molecule has 0 unspecified atom stereocenters. The first-order valence-corrected chi connectivity index (χ1v) is 9.23. The molecule has 0 N–H and O–H groups in total. The predicted octanol–water partition coefficient (Wildman–Crippen LogP) is 4.23. The average molecular weight is 378 g/mol. The normalized spacial score (nSPS) is 11.6. The van der Waals surface area contributed by atoms with Gasteiger partial charge in [-0.25, -0.2) is 9.97 Å². The minimum absolute atomic E-state index is 0.407. The fraction of sp³-hybridized carbons (Fsp3) is 0.0455. The molecule has 0 radical (unpaired) electrons. The third kappa shape index (κ3) is 2.55. The summed E-state index contributed by atoms with van der Waals surface area (Å²) in [5, 5.41) is 9.45. The first-order valence-electron chi connectivity index (χ1n) is 9.23. The Labute approximate surface area is 164 Å². The van der Waals surface area contributed by atoms with Crippen molar-refractivity contribution in [3.8, 4) is 11.5 Å². The number of hydrogen-bond donors (Lipinski definition) is 0. The second kappa shape index (κ2) is 6.20. The molecule has 4 aromatic heterocycles. The van der Waals surface area contributed by atoms with E-state index in [2.05, 4.69) is 31.9 Å². The van der Waals surface area contributed by atoms with Crippen molar-refractivity contribution in [2.45, 2.75) is 6.54 Å². The van der Waals surface area contributed by atoms with Crippen LogP contribution in [-0.4, -0.2) is 29.7 Å². The van der Waals surface area contributed by atoms with Gasteiger partial charge in [-0.1, -0.05) is 30.3 Å². The number of fused-ring (bicyclic) bond motifs is 4. The van der Waals surface area contributed by atoms with E-state index in [1.807, 2.05) is 48.5 Å². The minimum Gasteiger partial charge on any atom is -0.419 e. The van der Waals surface area contributed by atoms with E-state index in [0.29, 0.717) is 18.3 Å². The second-order valence-corrected chi connectivity index (χ2v) is 6.73. The van der Waals surface area contributed by atoms with Crippen molar-refractivity contribution in [2.75, 3.05) is 0 Å². The fourth-order valence-corrected chi connectivity index (χ4v) is 3.60. The van der Waals surface area contributed by atoms with E-state index in [-0.39, 0.29) is 0 Å². The summed E-state index contributed by atoms with van der Waals surface area (Å²) in [6, 6.07) is 19.8. The zero-order chi connectivity index (χ0) is 19.2. The highest BCUT2D eigenvalue weighted by Gasteiger charge is 2.17. The summed E-state index contributed by atoms with van der Waals surface area (Å²) in [4.78, 5) is 13.8. The topological polar surface area (TPSA) is 82.5 Å². The Hall–Kier alpha value is -4.13. The van der Waals surface area contributed by atoms with Crippen LogP contribution in [0.5, 0.6) is 0 Å². The van der Waals surface area contributed by atoms with Crippen LogP contribution in [0.1, 0.15) is 5.89 Å². The van der Waals surface area contributed by atoms with Gasteiger partial charge in [0.05, 0.1) is 22.1 Å². The lowest BCUT2D eigenvalue weighted by atomic mass is 10.2. The number of aromatic nitrogens is 6. The maximum absolute atomic E-state index is 5.90. The quantitative estimate of drug-likeness (QED) is 0.458. The zero-order valence-electron chi connectivity index (χ0n) is 15.2. The third-order valence-electron chi connectivity index (χ3n) is 4.93. The molecule has 0 spiro atoms. The van der Waals surface area contributed by atoms with Gasteiger partial charge in [0.25, 0.3) is 0 Å². The Kier molecular flexibility index (Phi) is 3.40. The molecule has 0 atom stereocenters. The molecule has 0 bridgehead atoms. The average Bonchev–Trinajstić information content (AvgIpc) is 3.37. The Balaban J connectivity index is 1.53. The van der Waals surface area contributed by atoms with Crippen LogP contribution in [0, 0.1) is 0 Å². The number of hydrogen-bond acceptors (Lipinski definition) is 6. The molecule has 4 heterocycles. The molecule has 0 aliphatic heterocycles. The molecule has 29 heavy (non-hydrogen) atoms. The molecule has 7 nitrogen and oxygen atoms in total. The Bertz CT molecular complexity index is 1490. The lowest BCUT2D eigenvalue weighted by Gasteiger charge is -2.04. The molecule has 0 aliphatic rings. The number of nitrogens with zero attached hydrogens (tertiary/aromatic N) is 6. The second-order valence-electron chi connectivity index (χ2n) is 6.73. The molecule has 6 rings (SSSR count). The van der Waals surface area contributed by atoms with Crippen LogP contribution in [0.25, 0.3) is 44.6 Å². The molecule has 138 valence electrons. The van der Waals surface area contributed by atoms with Gasteiger partial charge >= 0.3 is 0 Å². The predicted molar refractivity (Wildman–Crippen MR) is 109 cm³/mol. The molecule has 2 aromatic carbocycles. The Morgan fingerprint density at radius 2 is 1.66 bits per heavy atom. The van der Waals surface area contributed by atoms with Crippen LogP contribution in [0.2, 0.25) is 0 Å². The van der Waals surface area contributed by atoms with Gasteiger partial charge in [-0.3, -0.25) is 4.98 Å². The fourth-order valence-electron chi connectivity index (χ4n) is 3.60. The van der Waals surface area contributed by atoms with E-state index in [1.165, 1.54) is 0 Å². The summed E-state index contributed by atoms with van der Waals surface area (Å²) in [5.41, 5.74) is 5.21. The van der Waals surface area contributed by atoms with Gasteiger partial charge in [-0.2, -0.15) is 0 Å². The molecular formula is C22H14N6O. The maximum Gasteiger partial charge on any atom is 0.249 e. The molecule has 0 saturated heterocycles. The van der Waals surface area contributed by atoms with Crippen molar-refractivity contribution in [1.29, 1.82) is 0 Å². The molecule has 0 amide bonds. The van der Waals surface area contributed by atoms with Crippen LogP contribution >= 0.6 is 0 Å². The molecule has 0 fully saturated rings. The molecule has 6 aromatic rings. The molecule has 0 saturated carbocycles. The lowest BCUT2D eigenvalue weighted by molar-refractivity contribution is 0.494. The first kappa shape index (κ1) is 15.9. The first-order chi connectivity index (χ1) is 14.4. The van der Waals surface area contributed by atoms with E-state index in [0.717, 1.165) is 38.7 Å². The van der Waals surface area contributed by atoms with Crippen molar-refractivity contribution >= 4 is 33.1 Å². The summed E-state index contributed by atoms with van der Waals surface area (Å²) in [7, 11) is 0. The number of para-hydroxylation sites is 3. The molecule has 0 aliphatic carbocycles. The van der Waals surface area contributed by atoms with Gasteiger partial charge in [-0.05, 0) is 30.3 Å². The summed E-state index contributed by atoms with van der Waals surface area (Å²) >= 11 is 0. The summed E-state index contributed by atoms with van der Waals surface area (Å²) in [6.07, 6.45) is 3.41. The van der Waals surface area contributed by atoms with Crippen LogP contribution in [-0.2, 0) is 6.54 Å². The Morgan fingerprint density at radius 1 is 0.828 bits per heavy atom. The van der Waals surface area contributed by atoms with Gasteiger partial charge < -0.3 is 8.98 Å². The maximum atomic E-state index is 5.90. The summed E-state index contributed by atoms with van der Waals surface area (Å²) < 4.78 is 7.97. The van der Waals surface area contributed by atoms with Gasteiger partial charge in [0.2, 0.25) is 11.8 Å². The highest BCUT2D eigenvalue weighted by atomic mass is 16.4. The summed E-state index contributed by atoms with van der Waals surface area (Å²) in [5.74, 6) is 0.951. The van der Waals surface area contributed by atoms with Crippen molar-refractivity contribution in [3.05, 3.63) is 78.9 Å². The largest absolute Gasteiger partial charge is 0.419 e. The van der Waals surface area contributed by atoms with Gasteiger partial charge in [-0.15, -0.1) is 10.2 Å². The van der Waals surface area contributed by atoms with Gasteiger partial charge in [0.15, 0.2) is 5.65 Å². The van der Waals surface area contributed by atoms with Crippen LogP contribution < -0.4 is 0 Å². The minimum atomic E-state index is 0.407. The molecular weight excluding hydrogens is 364 g/mol. The van der Waals surface area contributed by atoms with Crippen molar-refractivity contribution < 1.29 is 4.42 Å². The monoisotopic (exact) mass is 378 g/mol. The van der Waals surface area contributed by atoms with Crippen LogP contribution in [0.3, 0.4) is 0 Å². The van der Waals surface area contributed by atoms with Crippen LogP contribution in [0.4, 0.5) is 0 Å². The van der Waals surface area contributed by atoms with Gasteiger partial charge in [0, 0.05) is 17.8 Å².